The third-order valence-corrected chi connectivity index (χ3v) is 2.80. The highest BCUT2D eigenvalue weighted by atomic mass is 16.5. The van der Waals surface area contributed by atoms with Crippen molar-refractivity contribution < 1.29 is 14.6 Å². The molecular formula is C12H27NO3. The second-order valence-corrected chi connectivity index (χ2v) is 4.24. The quantitative estimate of drug-likeness (QED) is 0.526. The molecule has 4 nitrogen and oxygen atoms in total. The highest BCUT2D eigenvalue weighted by molar-refractivity contribution is 4.79. The standard InChI is InChI=1S/C12H27NO3/c1-4-15-9-10-16-8-6-5-7-12(2,11-14)13-3/h13-14H,4-11H2,1-3H3. The van der Waals surface area contributed by atoms with E-state index >= 15 is 0 Å². The van der Waals surface area contributed by atoms with Crippen LogP contribution >= 0.6 is 0 Å². The van der Waals surface area contributed by atoms with E-state index in [4.69, 9.17) is 9.47 Å². The van der Waals surface area contributed by atoms with Crippen molar-refractivity contribution in [1.82, 2.24) is 5.32 Å². The Morgan fingerprint density at radius 3 is 2.38 bits per heavy atom. The number of aliphatic hydroxyl groups is 1. The van der Waals surface area contributed by atoms with Gasteiger partial charge in [-0.15, -0.1) is 0 Å². The average Bonchev–Trinajstić information content (AvgIpc) is 2.32. The van der Waals surface area contributed by atoms with Crippen LogP contribution < -0.4 is 5.32 Å². The lowest BCUT2D eigenvalue weighted by atomic mass is 9.96. The summed E-state index contributed by atoms with van der Waals surface area (Å²) in [5.41, 5.74) is -0.147. The zero-order valence-electron chi connectivity index (χ0n) is 10.9. The molecule has 0 aromatic rings. The van der Waals surface area contributed by atoms with E-state index in [0.29, 0.717) is 13.2 Å². The molecule has 1 atom stereocenters. The Morgan fingerprint density at radius 2 is 1.81 bits per heavy atom. The maximum Gasteiger partial charge on any atom is 0.0700 e. The highest BCUT2D eigenvalue weighted by Crippen LogP contribution is 2.12. The van der Waals surface area contributed by atoms with Crippen molar-refractivity contribution in [3.8, 4) is 0 Å². The molecule has 0 spiro atoms. The van der Waals surface area contributed by atoms with E-state index in [1.807, 2.05) is 20.9 Å². The predicted octanol–water partition coefficient (Wildman–Crippen LogP) is 1.18. The lowest BCUT2D eigenvalue weighted by molar-refractivity contribution is 0.0503. The van der Waals surface area contributed by atoms with E-state index < -0.39 is 0 Å². The van der Waals surface area contributed by atoms with Gasteiger partial charge in [0.1, 0.15) is 0 Å². The Kier molecular flexibility index (Phi) is 9.92. The van der Waals surface area contributed by atoms with Crippen LogP contribution in [0.5, 0.6) is 0 Å². The molecule has 0 bridgehead atoms. The van der Waals surface area contributed by atoms with Gasteiger partial charge in [0, 0.05) is 18.8 Å². The van der Waals surface area contributed by atoms with Gasteiger partial charge < -0.3 is 19.9 Å². The maximum atomic E-state index is 9.17. The van der Waals surface area contributed by atoms with Gasteiger partial charge in [-0.25, -0.2) is 0 Å². The normalized spacial score (nSPS) is 15.0. The molecule has 0 aliphatic carbocycles. The van der Waals surface area contributed by atoms with Gasteiger partial charge in [0.2, 0.25) is 0 Å². The monoisotopic (exact) mass is 233 g/mol. The van der Waals surface area contributed by atoms with Crippen LogP contribution in [0.4, 0.5) is 0 Å². The van der Waals surface area contributed by atoms with Gasteiger partial charge >= 0.3 is 0 Å². The second-order valence-electron chi connectivity index (χ2n) is 4.24. The van der Waals surface area contributed by atoms with Crippen molar-refractivity contribution in [3.05, 3.63) is 0 Å². The molecule has 0 saturated carbocycles. The largest absolute Gasteiger partial charge is 0.394 e. The third kappa shape index (κ3) is 8.05. The van der Waals surface area contributed by atoms with Crippen LogP contribution in [-0.4, -0.2) is 50.7 Å². The van der Waals surface area contributed by atoms with Gasteiger partial charge in [0.05, 0.1) is 19.8 Å². The molecule has 0 heterocycles. The van der Waals surface area contributed by atoms with Gasteiger partial charge in [-0.1, -0.05) is 0 Å². The molecule has 16 heavy (non-hydrogen) atoms. The van der Waals surface area contributed by atoms with E-state index in [1.54, 1.807) is 0 Å². The Balaban J connectivity index is 3.26. The fourth-order valence-corrected chi connectivity index (χ4v) is 1.37. The van der Waals surface area contributed by atoms with E-state index in [2.05, 4.69) is 5.32 Å². The van der Waals surface area contributed by atoms with Crippen LogP contribution in [0.15, 0.2) is 0 Å². The molecule has 98 valence electrons. The van der Waals surface area contributed by atoms with Crippen LogP contribution in [0.25, 0.3) is 0 Å². The summed E-state index contributed by atoms with van der Waals surface area (Å²) in [7, 11) is 1.88. The molecule has 2 N–H and O–H groups in total. The molecule has 0 amide bonds. The number of ether oxygens (including phenoxy) is 2. The zero-order chi connectivity index (χ0) is 12.3. The summed E-state index contributed by atoms with van der Waals surface area (Å²) in [6.07, 6.45) is 3.06. The topological polar surface area (TPSA) is 50.7 Å². The number of hydrogen-bond donors (Lipinski definition) is 2. The fraction of sp³-hybridized carbons (Fsp3) is 1.00. The van der Waals surface area contributed by atoms with E-state index in [9.17, 15) is 5.11 Å². The Morgan fingerprint density at radius 1 is 1.12 bits per heavy atom. The van der Waals surface area contributed by atoms with E-state index in [1.165, 1.54) is 0 Å². The first kappa shape index (κ1) is 15.8. The summed E-state index contributed by atoms with van der Waals surface area (Å²) >= 11 is 0. The predicted molar refractivity (Wildman–Crippen MR) is 65.7 cm³/mol. The Hall–Kier alpha value is -0.160. The molecule has 0 aliphatic heterocycles. The summed E-state index contributed by atoms with van der Waals surface area (Å²) in [6, 6.07) is 0. The molecular weight excluding hydrogens is 206 g/mol. The second kappa shape index (κ2) is 10.0. The first-order chi connectivity index (χ1) is 7.68. The van der Waals surface area contributed by atoms with Crippen LogP contribution in [0.1, 0.15) is 33.1 Å². The van der Waals surface area contributed by atoms with Crippen molar-refractivity contribution in [2.75, 3.05) is 40.1 Å². The van der Waals surface area contributed by atoms with Gasteiger partial charge in [0.15, 0.2) is 0 Å². The molecule has 0 radical (unpaired) electrons. The van der Waals surface area contributed by atoms with Crippen LogP contribution in [0.3, 0.4) is 0 Å². The molecule has 1 unspecified atom stereocenters. The number of rotatable bonds is 11. The number of likely N-dealkylation sites (N-methyl/N-ethyl adjacent to an activating group) is 1. The SMILES string of the molecule is CCOCCOCCCCC(C)(CO)NC. The number of unbranched alkanes of at least 4 members (excludes halogenated alkanes) is 1. The molecule has 0 fully saturated rings. The van der Waals surface area contributed by atoms with Crippen molar-refractivity contribution in [2.24, 2.45) is 0 Å². The van der Waals surface area contributed by atoms with Crippen molar-refractivity contribution >= 4 is 0 Å². The fourth-order valence-electron chi connectivity index (χ4n) is 1.37. The molecule has 4 heteroatoms. The van der Waals surface area contributed by atoms with E-state index in [0.717, 1.165) is 32.5 Å². The summed E-state index contributed by atoms with van der Waals surface area (Å²) < 4.78 is 10.6. The highest BCUT2D eigenvalue weighted by Gasteiger charge is 2.19. The smallest absolute Gasteiger partial charge is 0.0700 e. The Bertz CT molecular complexity index is 149. The number of aliphatic hydroxyl groups excluding tert-OH is 1. The first-order valence-corrected chi connectivity index (χ1v) is 6.14. The lowest BCUT2D eigenvalue weighted by Gasteiger charge is -2.26. The van der Waals surface area contributed by atoms with Crippen molar-refractivity contribution in [2.45, 2.75) is 38.6 Å². The molecule has 0 aliphatic rings. The van der Waals surface area contributed by atoms with Gasteiger partial charge in [-0.3, -0.25) is 0 Å². The number of hydrogen-bond acceptors (Lipinski definition) is 4. The van der Waals surface area contributed by atoms with E-state index in [-0.39, 0.29) is 12.1 Å². The first-order valence-electron chi connectivity index (χ1n) is 6.14. The van der Waals surface area contributed by atoms with Crippen molar-refractivity contribution in [1.29, 1.82) is 0 Å². The summed E-state index contributed by atoms with van der Waals surface area (Å²) in [5.74, 6) is 0. The summed E-state index contributed by atoms with van der Waals surface area (Å²) in [6.45, 7) is 7.07. The van der Waals surface area contributed by atoms with Gasteiger partial charge in [-0.05, 0) is 40.2 Å². The van der Waals surface area contributed by atoms with Gasteiger partial charge in [-0.2, -0.15) is 0 Å². The summed E-state index contributed by atoms with van der Waals surface area (Å²) in [5, 5.41) is 12.3. The zero-order valence-corrected chi connectivity index (χ0v) is 10.9. The molecule has 0 saturated heterocycles. The molecule has 0 rings (SSSR count). The molecule has 0 aromatic heterocycles. The minimum Gasteiger partial charge on any atom is -0.394 e. The minimum absolute atomic E-state index is 0.147. The van der Waals surface area contributed by atoms with Crippen molar-refractivity contribution in [3.63, 3.8) is 0 Å². The minimum atomic E-state index is -0.147. The maximum absolute atomic E-state index is 9.17. The summed E-state index contributed by atoms with van der Waals surface area (Å²) in [4.78, 5) is 0. The number of nitrogens with one attached hydrogen (secondary N) is 1. The average molecular weight is 233 g/mol. The molecule has 0 aromatic carbocycles. The van der Waals surface area contributed by atoms with Gasteiger partial charge in [0.25, 0.3) is 0 Å². The van der Waals surface area contributed by atoms with Crippen LogP contribution in [0, 0.1) is 0 Å². The lowest BCUT2D eigenvalue weighted by Crippen LogP contribution is -2.43. The Labute approximate surface area is 99.3 Å². The van der Waals surface area contributed by atoms with Crippen LogP contribution in [-0.2, 0) is 9.47 Å². The van der Waals surface area contributed by atoms with Crippen LogP contribution in [0.2, 0.25) is 0 Å². The third-order valence-electron chi connectivity index (χ3n) is 2.80.